The van der Waals surface area contributed by atoms with Crippen molar-refractivity contribution in [1.29, 1.82) is 0 Å². The molecule has 1 aromatic heterocycles. The highest BCUT2D eigenvalue weighted by Gasteiger charge is 2.15. The first-order valence-corrected chi connectivity index (χ1v) is 9.17. The van der Waals surface area contributed by atoms with Crippen molar-refractivity contribution in [3.63, 3.8) is 0 Å². The van der Waals surface area contributed by atoms with Gasteiger partial charge in [0.25, 0.3) is 5.56 Å². The maximum absolute atomic E-state index is 12.4. The van der Waals surface area contributed by atoms with E-state index in [0.29, 0.717) is 22.8 Å². The van der Waals surface area contributed by atoms with E-state index in [1.807, 2.05) is 30.3 Å². The molecule has 3 rings (SSSR count). The van der Waals surface area contributed by atoms with Gasteiger partial charge in [-0.1, -0.05) is 49.6 Å². The van der Waals surface area contributed by atoms with Crippen LogP contribution in [0.3, 0.4) is 0 Å². The van der Waals surface area contributed by atoms with E-state index >= 15 is 0 Å². The van der Waals surface area contributed by atoms with Crippen molar-refractivity contribution in [2.45, 2.75) is 0 Å². The maximum Gasteiger partial charge on any atom is 0.261 e. The van der Waals surface area contributed by atoms with Crippen LogP contribution in [0.4, 0.5) is 11.4 Å². The first-order valence-electron chi connectivity index (χ1n) is 9.17. The molecule has 0 atom stereocenters. The normalized spacial score (nSPS) is 11.7. The molecule has 0 radical (unpaired) electrons. The van der Waals surface area contributed by atoms with Crippen LogP contribution in [0.25, 0.3) is 11.1 Å². The number of allylic oxidation sites excluding steroid dienone is 3. The monoisotopic (exact) mass is 398 g/mol. The summed E-state index contributed by atoms with van der Waals surface area (Å²) in [5.41, 5.74) is 14.5. The van der Waals surface area contributed by atoms with Gasteiger partial charge in [0.2, 0.25) is 0 Å². The number of aromatic nitrogens is 1. The molecule has 0 aliphatic heterocycles. The molecule has 0 fully saturated rings. The number of anilines is 1. The average molecular weight is 398 g/mol. The third-order valence-corrected chi connectivity index (χ3v) is 4.28. The first kappa shape index (κ1) is 20.4. The van der Waals surface area contributed by atoms with Gasteiger partial charge in [-0.05, 0) is 42.0 Å². The Morgan fingerprint density at radius 3 is 2.40 bits per heavy atom. The lowest BCUT2D eigenvalue weighted by Gasteiger charge is -2.10. The number of benzene rings is 2. The molecule has 5 N–H and O–H groups in total. The molecular formula is C24H22N4O2. The number of pyridine rings is 1. The van der Waals surface area contributed by atoms with Gasteiger partial charge in [0.05, 0.1) is 11.4 Å². The summed E-state index contributed by atoms with van der Waals surface area (Å²) in [5, 5.41) is 0. The number of hydrogen-bond donors (Lipinski definition) is 3. The number of hydrogen-bond acceptors (Lipinski definition) is 4. The van der Waals surface area contributed by atoms with Crippen molar-refractivity contribution in [2.75, 3.05) is 5.73 Å². The number of ether oxygens (including phenoxy) is 1. The fraction of sp³-hybridized carbons (Fsp3) is 0. The predicted molar refractivity (Wildman–Crippen MR) is 123 cm³/mol. The Morgan fingerprint density at radius 2 is 1.77 bits per heavy atom. The van der Waals surface area contributed by atoms with Gasteiger partial charge in [-0.15, -0.1) is 0 Å². The minimum atomic E-state index is -0.404. The Hall–Kier alpha value is -4.32. The lowest BCUT2D eigenvalue weighted by molar-refractivity contribution is 0.445. The predicted octanol–water partition coefficient (Wildman–Crippen LogP) is 4.30. The molecule has 6 heteroatoms. The van der Waals surface area contributed by atoms with Crippen molar-refractivity contribution < 1.29 is 4.74 Å². The van der Waals surface area contributed by atoms with Crippen LogP contribution in [-0.2, 0) is 0 Å². The summed E-state index contributed by atoms with van der Waals surface area (Å²) in [5.74, 6) is 1.19. The Kier molecular flexibility index (Phi) is 6.29. The molecule has 0 amide bonds. The van der Waals surface area contributed by atoms with Gasteiger partial charge in [-0.3, -0.25) is 4.79 Å². The molecule has 150 valence electrons. The van der Waals surface area contributed by atoms with Gasteiger partial charge in [0, 0.05) is 11.8 Å². The molecule has 30 heavy (non-hydrogen) atoms. The second kappa shape index (κ2) is 9.25. The van der Waals surface area contributed by atoms with Crippen LogP contribution in [0.1, 0.15) is 5.56 Å². The van der Waals surface area contributed by atoms with E-state index in [9.17, 15) is 4.79 Å². The summed E-state index contributed by atoms with van der Waals surface area (Å²) in [7, 11) is 0. The molecule has 0 aliphatic carbocycles. The van der Waals surface area contributed by atoms with E-state index in [1.54, 1.807) is 48.7 Å². The van der Waals surface area contributed by atoms with Crippen LogP contribution in [0.5, 0.6) is 5.75 Å². The molecule has 2 aromatic carbocycles. The topological polar surface area (TPSA) is 106 Å². The molecule has 3 aromatic rings. The quantitative estimate of drug-likeness (QED) is 0.239. The maximum atomic E-state index is 12.4. The van der Waals surface area contributed by atoms with Crippen molar-refractivity contribution in [1.82, 2.24) is 4.98 Å². The highest BCUT2D eigenvalue weighted by Crippen LogP contribution is 2.27. The Balaban J connectivity index is 1.92. The van der Waals surface area contributed by atoms with Gasteiger partial charge in [0.1, 0.15) is 22.9 Å². The molecule has 0 aliphatic rings. The second-order valence-corrected chi connectivity index (χ2v) is 6.29. The van der Waals surface area contributed by atoms with Crippen LogP contribution in [-0.4, -0.2) is 10.8 Å². The number of aromatic amines is 1. The van der Waals surface area contributed by atoms with E-state index in [4.69, 9.17) is 16.2 Å². The summed E-state index contributed by atoms with van der Waals surface area (Å²) in [6.07, 6.45) is 6.47. The Bertz CT molecular complexity index is 1170. The van der Waals surface area contributed by atoms with Crippen molar-refractivity contribution in [3.05, 3.63) is 114 Å². The SMILES string of the molecule is C=C/C=C(\C=C)Oc1ccc(N=C(N)c2c(N)c(-c3ccccc3)c[nH]c2=O)cc1. The van der Waals surface area contributed by atoms with Crippen LogP contribution in [0.2, 0.25) is 0 Å². The molecular weight excluding hydrogens is 376 g/mol. The van der Waals surface area contributed by atoms with Gasteiger partial charge in [-0.25, -0.2) is 4.99 Å². The van der Waals surface area contributed by atoms with Gasteiger partial charge in [-0.2, -0.15) is 0 Å². The van der Waals surface area contributed by atoms with Crippen LogP contribution in [0.15, 0.2) is 108 Å². The Morgan fingerprint density at radius 1 is 1.07 bits per heavy atom. The van der Waals surface area contributed by atoms with Crippen LogP contribution < -0.4 is 21.8 Å². The number of H-pyrrole nitrogens is 1. The molecule has 6 nitrogen and oxygen atoms in total. The van der Waals surface area contributed by atoms with Crippen LogP contribution in [0, 0.1) is 0 Å². The molecule has 0 bridgehead atoms. The second-order valence-electron chi connectivity index (χ2n) is 6.29. The zero-order valence-corrected chi connectivity index (χ0v) is 16.3. The standard InChI is InChI=1S/C24H22N4O2/c1-3-8-18(4-2)30-19-13-11-17(12-14-19)28-23(26)21-22(25)20(15-27-24(21)29)16-9-6-5-7-10-16/h3-15H,1-2H2,(H2,26,28)(H3,25,27,29)/b18-8+. The lowest BCUT2D eigenvalue weighted by Crippen LogP contribution is -2.26. The average Bonchev–Trinajstić information content (AvgIpc) is 2.75. The first-order chi connectivity index (χ1) is 14.5. The minimum Gasteiger partial charge on any atom is -0.457 e. The third kappa shape index (κ3) is 4.56. The lowest BCUT2D eigenvalue weighted by atomic mass is 10.0. The summed E-state index contributed by atoms with van der Waals surface area (Å²) in [6, 6.07) is 16.4. The van der Waals surface area contributed by atoms with E-state index in [-0.39, 0.29) is 17.1 Å². The van der Waals surface area contributed by atoms with Crippen molar-refractivity contribution in [3.8, 4) is 16.9 Å². The fourth-order valence-electron chi connectivity index (χ4n) is 2.84. The Labute approximate surface area is 174 Å². The zero-order valence-electron chi connectivity index (χ0n) is 16.3. The van der Waals surface area contributed by atoms with Crippen molar-refractivity contribution in [2.24, 2.45) is 10.7 Å². The smallest absolute Gasteiger partial charge is 0.261 e. The fourth-order valence-corrected chi connectivity index (χ4v) is 2.84. The van der Waals surface area contributed by atoms with E-state index in [0.717, 1.165) is 5.56 Å². The molecule has 0 saturated heterocycles. The van der Waals surface area contributed by atoms with Gasteiger partial charge in [0.15, 0.2) is 0 Å². The minimum absolute atomic E-state index is 0.0264. The number of nitrogens with two attached hydrogens (primary N) is 2. The van der Waals surface area contributed by atoms with Gasteiger partial charge < -0.3 is 21.2 Å². The molecule has 1 heterocycles. The van der Waals surface area contributed by atoms with Crippen molar-refractivity contribution >= 4 is 17.2 Å². The van der Waals surface area contributed by atoms with E-state index < -0.39 is 5.56 Å². The van der Waals surface area contributed by atoms with Crippen LogP contribution >= 0.6 is 0 Å². The largest absolute Gasteiger partial charge is 0.457 e. The highest BCUT2D eigenvalue weighted by atomic mass is 16.5. The third-order valence-electron chi connectivity index (χ3n) is 4.28. The van der Waals surface area contributed by atoms with Gasteiger partial charge >= 0.3 is 0 Å². The number of rotatable bonds is 7. The molecule has 0 spiro atoms. The summed E-state index contributed by atoms with van der Waals surface area (Å²) < 4.78 is 5.67. The number of nitrogen functional groups attached to an aromatic ring is 1. The summed E-state index contributed by atoms with van der Waals surface area (Å²) in [4.78, 5) is 19.4. The molecule has 0 unspecified atom stereocenters. The van der Waals surface area contributed by atoms with E-state index in [2.05, 4.69) is 23.1 Å². The number of nitrogens with one attached hydrogen (secondary N) is 1. The summed E-state index contributed by atoms with van der Waals surface area (Å²) >= 11 is 0. The highest BCUT2D eigenvalue weighted by molar-refractivity contribution is 6.05. The number of amidine groups is 1. The number of nitrogens with zero attached hydrogens (tertiary/aromatic N) is 1. The number of aliphatic imine (C=N–C) groups is 1. The van der Waals surface area contributed by atoms with E-state index in [1.165, 1.54) is 0 Å². The molecule has 0 saturated carbocycles. The zero-order chi connectivity index (χ0) is 21.5. The summed E-state index contributed by atoms with van der Waals surface area (Å²) in [6.45, 7) is 7.32.